The van der Waals surface area contributed by atoms with E-state index in [-0.39, 0.29) is 0 Å². The highest BCUT2D eigenvalue weighted by molar-refractivity contribution is 7.99. The maximum atomic E-state index is 5.10. The molecule has 1 heterocycles. The number of likely N-dealkylation sites (N-methyl/N-ethyl adjacent to an activating group) is 1. The minimum atomic E-state index is 0.477. The number of rotatable bonds is 3. The average Bonchev–Trinajstić information content (AvgIpc) is 2.31. The maximum Gasteiger partial charge on any atom is 0.109 e. The van der Waals surface area contributed by atoms with Crippen molar-refractivity contribution < 1.29 is 4.84 Å². The summed E-state index contributed by atoms with van der Waals surface area (Å²) in [5, 5.41) is 1.88. The number of hydrogen-bond acceptors (Lipinski definition) is 3. The molecule has 0 aromatic carbocycles. The molecule has 0 radical (unpaired) electrons. The maximum absolute atomic E-state index is 5.10. The zero-order valence-corrected chi connectivity index (χ0v) is 7.23. The molecule has 1 rings (SSSR count). The van der Waals surface area contributed by atoms with Crippen LogP contribution in [0.25, 0.3) is 0 Å². The second-order valence-electron chi connectivity index (χ2n) is 2.21. The van der Waals surface area contributed by atoms with Gasteiger partial charge in [-0.05, 0) is 11.8 Å². The van der Waals surface area contributed by atoms with Crippen molar-refractivity contribution in [3.63, 3.8) is 0 Å². The zero-order valence-electron chi connectivity index (χ0n) is 6.41. The first-order valence-electron chi connectivity index (χ1n) is 3.48. The van der Waals surface area contributed by atoms with Gasteiger partial charge in [-0.25, -0.2) is 0 Å². The van der Waals surface area contributed by atoms with Crippen LogP contribution in [0.3, 0.4) is 0 Å². The molecule has 0 amide bonds. The van der Waals surface area contributed by atoms with Crippen molar-refractivity contribution in [2.75, 3.05) is 18.6 Å². The Morgan fingerprint density at radius 1 is 1.70 bits per heavy atom. The van der Waals surface area contributed by atoms with Crippen molar-refractivity contribution in [1.29, 1.82) is 0 Å². The van der Waals surface area contributed by atoms with Crippen LogP contribution >= 0.6 is 11.8 Å². The number of thioether (sulfide) groups is 1. The Bertz CT molecular complexity index is 127. The van der Waals surface area contributed by atoms with E-state index in [0.29, 0.717) is 6.04 Å². The van der Waals surface area contributed by atoms with Gasteiger partial charge in [-0.1, -0.05) is 6.92 Å². The molecule has 3 heteroatoms. The molecule has 0 saturated heterocycles. The highest BCUT2D eigenvalue weighted by atomic mass is 32.2. The summed E-state index contributed by atoms with van der Waals surface area (Å²) in [6.45, 7) is 2.17. The van der Waals surface area contributed by atoms with Gasteiger partial charge in [0, 0.05) is 12.8 Å². The Morgan fingerprint density at radius 3 is 3.00 bits per heavy atom. The van der Waals surface area contributed by atoms with Gasteiger partial charge in [0.05, 0.1) is 6.04 Å². The van der Waals surface area contributed by atoms with E-state index in [1.165, 1.54) is 5.75 Å². The molecule has 0 bridgehead atoms. The molecule has 0 N–H and O–H groups in total. The lowest BCUT2D eigenvalue weighted by Gasteiger charge is -2.15. The van der Waals surface area contributed by atoms with Gasteiger partial charge in [0.15, 0.2) is 0 Å². The summed E-state index contributed by atoms with van der Waals surface area (Å²) in [5.41, 5.74) is 0. The molecular weight excluding hydrogens is 146 g/mol. The molecule has 58 valence electrons. The topological polar surface area (TPSA) is 12.5 Å². The zero-order chi connectivity index (χ0) is 7.40. The molecule has 1 aliphatic rings. The normalized spacial score (nSPS) is 25.2. The van der Waals surface area contributed by atoms with Crippen LogP contribution in [-0.2, 0) is 4.84 Å². The third kappa shape index (κ3) is 1.92. The number of hydrogen-bond donors (Lipinski definition) is 0. The highest BCUT2D eigenvalue weighted by Gasteiger charge is 2.15. The summed E-state index contributed by atoms with van der Waals surface area (Å²) in [6, 6.07) is 0.477. The predicted molar refractivity (Wildman–Crippen MR) is 44.8 cm³/mol. The monoisotopic (exact) mass is 159 g/mol. The van der Waals surface area contributed by atoms with Gasteiger partial charge in [0.2, 0.25) is 0 Å². The predicted octanol–water partition coefficient (Wildman–Crippen LogP) is 1.50. The van der Waals surface area contributed by atoms with E-state index < -0.39 is 0 Å². The molecule has 1 aliphatic heterocycles. The van der Waals surface area contributed by atoms with Gasteiger partial charge >= 0.3 is 0 Å². The quantitative estimate of drug-likeness (QED) is 0.619. The molecule has 10 heavy (non-hydrogen) atoms. The van der Waals surface area contributed by atoms with Crippen LogP contribution in [0.4, 0.5) is 0 Å². The standard InChI is InChI=1S/C7H13NOS/c1-3-10-6-7-4-5-9-8(7)2/h4-5,7H,3,6H2,1-2H3. The number of hydroxylamine groups is 2. The van der Waals surface area contributed by atoms with Gasteiger partial charge in [0.25, 0.3) is 0 Å². The van der Waals surface area contributed by atoms with E-state index >= 15 is 0 Å². The van der Waals surface area contributed by atoms with E-state index in [1.54, 1.807) is 6.26 Å². The summed E-state index contributed by atoms with van der Waals surface area (Å²) in [4.78, 5) is 5.10. The summed E-state index contributed by atoms with van der Waals surface area (Å²) in [6.07, 6.45) is 3.84. The lowest BCUT2D eigenvalue weighted by atomic mass is 10.3. The van der Waals surface area contributed by atoms with Crippen molar-refractivity contribution >= 4 is 11.8 Å². The molecule has 0 aromatic heterocycles. The van der Waals surface area contributed by atoms with E-state index in [4.69, 9.17) is 4.84 Å². The summed E-state index contributed by atoms with van der Waals surface area (Å²) >= 11 is 1.94. The first-order chi connectivity index (χ1) is 4.84. The van der Waals surface area contributed by atoms with Crippen LogP contribution in [0, 0.1) is 0 Å². The average molecular weight is 159 g/mol. The first-order valence-corrected chi connectivity index (χ1v) is 4.64. The fourth-order valence-electron chi connectivity index (χ4n) is 0.820. The van der Waals surface area contributed by atoms with E-state index in [9.17, 15) is 0 Å². The fourth-order valence-corrected chi connectivity index (χ4v) is 1.62. The van der Waals surface area contributed by atoms with Crippen LogP contribution in [0.1, 0.15) is 6.92 Å². The van der Waals surface area contributed by atoms with Crippen molar-refractivity contribution in [2.45, 2.75) is 13.0 Å². The lowest BCUT2D eigenvalue weighted by molar-refractivity contribution is -0.0730. The molecule has 0 aliphatic carbocycles. The van der Waals surface area contributed by atoms with Crippen molar-refractivity contribution in [3.8, 4) is 0 Å². The number of nitrogens with zero attached hydrogens (tertiary/aromatic N) is 1. The molecule has 0 saturated carbocycles. The minimum absolute atomic E-state index is 0.477. The summed E-state index contributed by atoms with van der Waals surface area (Å²) in [5.74, 6) is 2.31. The van der Waals surface area contributed by atoms with E-state index in [1.807, 2.05) is 23.9 Å². The van der Waals surface area contributed by atoms with Gasteiger partial charge in [-0.3, -0.25) is 0 Å². The third-order valence-corrected chi connectivity index (χ3v) is 2.47. The Labute approximate surface area is 66.2 Å². The summed E-state index contributed by atoms with van der Waals surface area (Å²) < 4.78 is 0. The second-order valence-corrected chi connectivity index (χ2v) is 3.53. The van der Waals surface area contributed by atoms with Crippen LogP contribution in [0.2, 0.25) is 0 Å². The van der Waals surface area contributed by atoms with Crippen LogP contribution in [-0.4, -0.2) is 29.7 Å². The minimum Gasteiger partial charge on any atom is -0.414 e. The largest absolute Gasteiger partial charge is 0.414 e. The SMILES string of the molecule is CCSCC1C=CON1C. The van der Waals surface area contributed by atoms with E-state index in [0.717, 1.165) is 5.75 Å². The summed E-state index contributed by atoms with van der Waals surface area (Å²) in [7, 11) is 1.96. The van der Waals surface area contributed by atoms with Crippen LogP contribution in [0.15, 0.2) is 12.3 Å². The molecule has 0 fully saturated rings. The van der Waals surface area contributed by atoms with Crippen molar-refractivity contribution in [1.82, 2.24) is 5.06 Å². The molecule has 1 atom stereocenters. The van der Waals surface area contributed by atoms with Gasteiger partial charge < -0.3 is 4.84 Å². The molecule has 0 spiro atoms. The van der Waals surface area contributed by atoms with Crippen LogP contribution < -0.4 is 0 Å². The molecular formula is C7H13NOS. The Hall–Kier alpha value is -0.150. The van der Waals surface area contributed by atoms with Crippen molar-refractivity contribution in [2.24, 2.45) is 0 Å². The smallest absolute Gasteiger partial charge is 0.109 e. The van der Waals surface area contributed by atoms with Gasteiger partial charge in [-0.2, -0.15) is 11.8 Å². The lowest BCUT2D eigenvalue weighted by Crippen LogP contribution is -2.26. The Kier molecular flexibility index (Phi) is 3.09. The molecule has 2 nitrogen and oxygen atoms in total. The van der Waals surface area contributed by atoms with Crippen LogP contribution in [0.5, 0.6) is 0 Å². The van der Waals surface area contributed by atoms with Crippen molar-refractivity contribution in [3.05, 3.63) is 12.3 Å². The van der Waals surface area contributed by atoms with Gasteiger partial charge in [-0.15, -0.1) is 5.06 Å². The first kappa shape index (κ1) is 7.95. The molecule has 1 unspecified atom stereocenters. The van der Waals surface area contributed by atoms with E-state index in [2.05, 4.69) is 13.0 Å². The third-order valence-electron chi connectivity index (χ3n) is 1.49. The van der Waals surface area contributed by atoms with Gasteiger partial charge in [0.1, 0.15) is 6.26 Å². The Morgan fingerprint density at radius 2 is 2.50 bits per heavy atom. The molecule has 0 aromatic rings. The highest BCUT2D eigenvalue weighted by Crippen LogP contribution is 2.13. The fraction of sp³-hybridized carbons (Fsp3) is 0.714. The Balaban J connectivity index is 2.20. The second kappa shape index (κ2) is 3.88.